The third kappa shape index (κ3) is 3.14. The molecule has 0 unspecified atom stereocenters. The molecule has 112 valence electrons. The van der Waals surface area contributed by atoms with Crippen molar-refractivity contribution in [3.63, 3.8) is 0 Å². The molecule has 0 atom stereocenters. The van der Waals surface area contributed by atoms with Crippen LogP contribution in [0.2, 0.25) is 10.0 Å². The van der Waals surface area contributed by atoms with E-state index >= 15 is 0 Å². The molecule has 0 saturated heterocycles. The van der Waals surface area contributed by atoms with Crippen molar-refractivity contribution in [3.8, 4) is 11.3 Å². The Labute approximate surface area is 139 Å². The number of benzene rings is 1. The fraction of sp³-hybridized carbons (Fsp3) is 0.0714. The Hall–Kier alpha value is -1.89. The van der Waals surface area contributed by atoms with Gasteiger partial charge in [-0.05, 0) is 18.2 Å². The van der Waals surface area contributed by atoms with Gasteiger partial charge < -0.3 is 5.11 Å². The number of aromatic nitrogens is 3. The molecule has 0 amide bonds. The number of aromatic carboxylic acids is 1. The quantitative estimate of drug-likeness (QED) is 0.767. The lowest BCUT2D eigenvalue weighted by molar-refractivity contribution is 0.0697. The van der Waals surface area contributed by atoms with Gasteiger partial charge >= 0.3 is 5.97 Å². The standard InChI is InChI=1S/C14H9Cl2N3O2S/c15-9-1-2-10(11(16)3-9)12-7-22-13(18-12)6-19-5-8(4-17-19)14(20)21/h1-5,7H,6H2,(H,20,21). The van der Waals surface area contributed by atoms with Crippen molar-refractivity contribution < 1.29 is 9.90 Å². The number of carboxylic acids is 1. The first kappa shape index (κ1) is 15.0. The summed E-state index contributed by atoms with van der Waals surface area (Å²) in [6.45, 7) is 0.406. The maximum atomic E-state index is 10.8. The van der Waals surface area contributed by atoms with Crippen LogP contribution in [0.15, 0.2) is 36.0 Å². The Morgan fingerprint density at radius 1 is 1.36 bits per heavy atom. The summed E-state index contributed by atoms with van der Waals surface area (Å²) in [4.78, 5) is 15.3. The third-order valence-electron chi connectivity index (χ3n) is 2.94. The second-order valence-corrected chi connectivity index (χ2v) is 6.27. The molecule has 3 rings (SSSR count). The summed E-state index contributed by atoms with van der Waals surface area (Å²) in [6.07, 6.45) is 2.78. The fourth-order valence-corrected chi connectivity index (χ4v) is 3.19. The summed E-state index contributed by atoms with van der Waals surface area (Å²) in [6, 6.07) is 5.25. The normalized spacial score (nSPS) is 10.8. The summed E-state index contributed by atoms with van der Waals surface area (Å²) in [5.74, 6) is -1.00. The van der Waals surface area contributed by atoms with Crippen LogP contribution in [0.3, 0.4) is 0 Å². The maximum Gasteiger partial charge on any atom is 0.338 e. The second-order valence-electron chi connectivity index (χ2n) is 4.48. The average molecular weight is 354 g/mol. The predicted molar refractivity (Wildman–Crippen MR) is 85.9 cm³/mol. The molecule has 0 aliphatic heterocycles. The third-order valence-corrected chi connectivity index (χ3v) is 4.32. The summed E-state index contributed by atoms with van der Waals surface area (Å²) in [5, 5.41) is 16.7. The monoisotopic (exact) mass is 353 g/mol. The molecular formula is C14H9Cl2N3O2S. The number of carbonyl (C=O) groups is 1. The zero-order valence-electron chi connectivity index (χ0n) is 11.0. The molecule has 1 aromatic carbocycles. The van der Waals surface area contributed by atoms with E-state index in [1.165, 1.54) is 28.4 Å². The van der Waals surface area contributed by atoms with Crippen LogP contribution >= 0.6 is 34.5 Å². The molecule has 1 N–H and O–H groups in total. The minimum atomic E-state index is -1.00. The number of nitrogens with zero attached hydrogens (tertiary/aromatic N) is 3. The molecule has 0 bridgehead atoms. The first-order chi connectivity index (χ1) is 10.5. The first-order valence-electron chi connectivity index (χ1n) is 6.18. The van der Waals surface area contributed by atoms with E-state index in [1.807, 2.05) is 11.4 Å². The smallest absolute Gasteiger partial charge is 0.338 e. The Balaban J connectivity index is 1.82. The van der Waals surface area contributed by atoms with Gasteiger partial charge in [-0.25, -0.2) is 9.78 Å². The molecule has 5 nitrogen and oxygen atoms in total. The molecule has 22 heavy (non-hydrogen) atoms. The number of halogens is 2. The minimum Gasteiger partial charge on any atom is -0.478 e. The summed E-state index contributed by atoms with van der Waals surface area (Å²) < 4.78 is 1.54. The van der Waals surface area contributed by atoms with E-state index in [2.05, 4.69) is 10.1 Å². The zero-order valence-corrected chi connectivity index (χ0v) is 13.4. The fourth-order valence-electron chi connectivity index (χ4n) is 1.90. The van der Waals surface area contributed by atoms with E-state index in [0.29, 0.717) is 16.6 Å². The van der Waals surface area contributed by atoms with E-state index in [0.717, 1.165) is 16.3 Å². The molecule has 2 aromatic heterocycles. The topological polar surface area (TPSA) is 68.0 Å². The molecule has 0 fully saturated rings. The average Bonchev–Trinajstić information content (AvgIpc) is 3.09. The van der Waals surface area contributed by atoms with Gasteiger partial charge in [0.1, 0.15) is 5.01 Å². The Kier molecular flexibility index (Phi) is 4.15. The molecule has 2 heterocycles. The highest BCUT2D eigenvalue weighted by atomic mass is 35.5. The van der Waals surface area contributed by atoms with Crippen LogP contribution in [0.5, 0.6) is 0 Å². The molecule has 8 heteroatoms. The zero-order chi connectivity index (χ0) is 15.7. The van der Waals surface area contributed by atoms with E-state index < -0.39 is 5.97 Å². The molecule has 0 aliphatic carbocycles. The number of hydrogen-bond acceptors (Lipinski definition) is 4. The van der Waals surface area contributed by atoms with Gasteiger partial charge in [-0.2, -0.15) is 5.10 Å². The van der Waals surface area contributed by atoms with Gasteiger partial charge in [0, 0.05) is 22.2 Å². The van der Waals surface area contributed by atoms with Crippen molar-refractivity contribution in [1.29, 1.82) is 0 Å². The molecule has 0 aliphatic rings. The largest absolute Gasteiger partial charge is 0.478 e. The van der Waals surface area contributed by atoms with Crippen molar-refractivity contribution in [2.75, 3.05) is 0 Å². The molecule has 0 radical (unpaired) electrons. The van der Waals surface area contributed by atoms with Crippen LogP contribution in [-0.4, -0.2) is 25.8 Å². The minimum absolute atomic E-state index is 0.150. The maximum absolute atomic E-state index is 10.8. The molecule has 0 spiro atoms. The van der Waals surface area contributed by atoms with Crippen molar-refractivity contribution in [3.05, 3.63) is 56.6 Å². The Morgan fingerprint density at radius 2 is 2.18 bits per heavy atom. The number of carboxylic acid groups (broad SMARTS) is 1. The van der Waals surface area contributed by atoms with Crippen LogP contribution in [-0.2, 0) is 6.54 Å². The van der Waals surface area contributed by atoms with Gasteiger partial charge in [-0.1, -0.05) is 23.2 Å². The van der Waals surface area contributed by atoms with E-state index in [-0.39, 0.29) is 5.56 Å². The van der Waals surface area contributed by atoms with Gasteiger partial charge in [0.05, 0.1) is 29.0 Å². The van der Waals surface area contributed by atoms with Crippen LogP contribution in [0.4, 0.5) is 0 Å². The second kappa shape index (κ2) is 6.08. The molecule has 3 aromatic rings. The van der Waals surface area contributed by atoms with Crippen molar-refractivity contribution in [1.82, 2.24) is 14.8 Å². The highest BCUT2D eigenvalue weighted by Crippen LogP contribution is 2.31. The van der Waals surface area contributed by atoms with E-state index in [9.17, 15) is 4.79 Å². The van der Waals surface area contributed by atoms with Gasteiger partial charge in [0.2, 0.25) is 0 Å². The SMILES string of the molecule is O=C(O)c1cnn(Cc2nc(-c3ccc(Cl)cc3Cl)cs2)c1. The van der Waals surface area contributed by atoms with E-state index in [4.69, 9.17) is 28.3 Å². The number of thiazole rings is 1. The van der Waals surface area contributed by atoms with Crippen molar-refractivity contribution >= 4 is 40.5 Å². The highest BCUT2D eigenvalue weighted by Gasteiger charge is 2.11. The lowest BCUT2D eigenvalue weighted by Crippen LogP contribution is -2.00. The Bertz CT molecular complexity index is 844. The molecular weight excluding hydrogens is 345 g/mol. The lowest BCUT2D eigenvalue weighted by atomic mass is 10.2. The Morgan fingerprint density at radius 3 is 2.86 bits per heavy atom. The van der Waals surface area contributed by atoms with Crippen LogP contribution < -0.4 is 0 Å². The summed E-state index contributed by atoms with van der Waals surface area (Å²) >= 11 is 13.5. The van der Waals surface area contributed by atoms with Crippen molar-refractivity contribution in [2.45, 2.75) is 6.54 Å². The van der Waals surface area contributed by atoms with Crippen LogP contribution in [0.1, 0.15) is 15.4 Å². The van der Waals surface area contributed by atoms with Gasteiger partial charge in [0.25, 0.3) is 0 Å². The highest BCUT2D eigenvalue weighted by molar-refractivity contribution is 7.09. The molecule has 0 saturated carbocycles. The van der Waals surface area contributed by atoms with Crippen molar-refractivity contribution in [2.24, 2.45) is 0 Å². The number of hydrogen-bond donors (Lipinski definition) is 1. The summed E-state index contributed by atoms with van der Waals surface area (Å²) in [5.41, 5.74) is 1.71. The van der Waals surface area contributed by atoms with E-state index in [1.54, 1.807) is 12.1 Å². The number of rotatable bonds is 4. The first-order valence-corrected chi connectivity index (χ1v) is 7.82. The lowest BCUT2D eigenvalue weighted by Gasteiger charge is -2.01. The van der Waals surface area contributed by atoms with Gasteiger partial charge in [0.15, 0.2) is 0 Å². The van der Waals surface area contributed by atoms with Crippen LogP contribution in [0, 0.1) is 0 Å². The summed E-state index contributed by atoms with van der Waals surface area (Å²) in [7, 11) is 0. The van der Waals surface area contributed by atoms with Gasteiger partial charge in [-0.3, -0.25) is 4.68 Å². The van der Waals surface area contributed by atoms with Crippen LogP contribution in [0.25, 0.3) is 11.3 Å². The predicted octanol–water partition coefficient (Wildman–Crippen LogP) is 4.06. The van der Waals surface area contributed by atoms with Gasteiger partial charge in [-0.15, -0.1) is 11.3 Å².